The number of amides is 3. The van der Waals surface area contributed by atoms with Gasteiger partial charge >= 0.3 is 6.03 Å². The van der Waals surface area contributed by atoms with Crippen molar-refractivity contribution in [2.24, 2.45) is 0 Å². The zero-order valence-electron chi connectivity index (χ0n) is 16.1. The Kier molecular flexibility index (Phi) is 5.41. The number of rotatable bonds is 3. The minimum absolute atomic E-state index is 0.155. The molecule has 2 heterocycles. The number of fused-ring (bicyclic) bond motifs is 2. The van der Waals surface area contributed by atoms with E-state index < -0.39 is 6.10 Å². The van der Waals surface area contributed by atoms with Crippen LogP contribution in [0, 0.1) is 0 Å². The zero-order chi connectivity index (χ0) is 20.2. The van der Waals surface area contributed by atoms with Gasteiger partial charge in [0.1, 0.15) is 19.0 Å². The summed E-state index contributed by atoms with van der Waals surface area (Å²) in [5, 5.41) is 5.47. The molecule has 2 N–H and O–H groups in total. The Hall–Kier alpha value is -3.42. The highest BCUT2D eigenvalue weighted by Gasteiger charge is 2.32. The van der Waals surface area contributed by atoms with Gasteiger partial charge in [-0.25, -0.2) is 4.79 Å². The van der Waals surface area contributed by atoms with Crippen molar-refractivity contribution in [3.63, 3.8) is 0 Å². The standard InChI is InChI=1S/C21H23N3O5/c1-2-22-21(26)23-15-7-8-16-14(11-15)12-24(9-10-27-16)20(25)19-13-28-17-5-3-4-6-18(17)29-19/h3-8,11,19H,2,9-10,12-13H2,1H3,(H2,22,23,26). The molecule has 8 heteroatoms. The Balaban J connectivity index is 1.48. The largest absolute Gasteiger partial charge is 0.491 e. The first-order valence-electron chi connectivity index (χ1n) is 9.62. The van der Waals surface area contributed by atoms with E-state index in [1.165, 1.54) is 0 Å². The third-order valence-corrected chi connectivity index (χ3v) is 4.73. The molecule has 2 aliphatic heterocycles. The van der Waals surface area contributed by atoms with Gasteiger partial charge in [0.25, 0.3) is 5.91 Å². The average Bonchev–Trinajstić information content (AvgIpc) is 2.95. The molecule has 0 aromatic heterocycles. The Labute approximate surface area is 168 Å². The third kappa shape index (κ3) is 4.21. The second-order valence-corrected chi connectivity index (χ2v) is 6.78. The predicted molar refractivity (Wildman–Crippen MR) is 106 cm³/mol. The van der Waals surface area contributed by atoms with Crippen molar-refractivity contribution in [3.05, 3.63) is 48.0 Å². The van der Waals surface area contributed by atoms with Crippen LogP contribution >= 0.6 is 0 Å². The van der Waals surface area contributed by atoms with Gasteiger partial charge in [0.15, 0.2) is 11.5 Å². The minimum atomic E-state index is -0.705. The zero-order valence-corrected chi connectivity index (χ0v) is 16.1. The van der Waals surface area contributed by atoms with Crippen molar-refractivity contribution in [1.29, 1.82) is 0 Å². The molecule has 3 amide bonds. The number of nitrogens with zero attached hydrogens (tertiary/aromatic N) is 1. The van der Waals surface area contributed by atoms with Crippen molar-refractivity contribution in [1.82, 2.24) is 10.2 Å². The van der Waals surface area contributed by atoms with Gasteiger partial charge in [0.05, 0.1) is 6.54 Å². The molecule has 0 radical (unpaired) electrons. The molecule has 2 aliphatic rings. The number of benzene rings is 2. The number of carbonyl (C=O) groups is 2. The van der Waals surface area contributed by atoms with Crippen LogP contribution in [0.5, 0.6) is 17.2 Å². The maximum atomic E-state index is 13.1. The average molecular weight is 397 g/mol. The van der Waals surface area contributed by atoms with Crippen molar-refractivity contribution >= 4 is 17.6 Å². The first-order valence-corrected chi connectivity index (χ1v) is 9.62. The molecule has 0 aliphatic carbocycles. The summed E-state index contributed by atoms with van der Waals surface area (Å²) in [5.74, 6) is 1.75. The fourth-order valence-electron chi connectivity index (χ4n) is 3.34. The summed E-state index contributed by atoms with van der Waals surface area (Å²) in [6.07, 6.45) is -0.705. The molecule has 4 rings (SSSR count). The number of urea groups is 1. The van der Waals surface area contributed by atoms with Gasteiger partial charge in [0.2, 0.25) is 6.10 Å². The number of carbonyl (C=O) groups excluding carboxylic acids is 2. The number of hydrogen-bond acceptors (Lipinski definition) is 5. The molecule has 1 unspecified atom stereocenters. The van der Waals surface area contributed by atoms with Gasteiger partial charge in [-0.15, -0.1) is 0 Å². The summed E-state index contributed by atoms with van der Waals surface area (Å²) in [4.78, 5) is 26.5. The second kappa shape index (κ2) is 8.30. The molecular weight excluding hydrogens is 374 g/mol. The molecule has 1 atom stereocenters. The number of para-hydroxylation sites is 2. The lowest BCUT2D eigenvalue weighted by molar-refractivity contribution is -0.142. The minimum Gasteiger partial charge on any atom is -0.491 e. The molecule has 0 bridgehead atoms. The summed E-state index contributed by atoms with van der Waals surface area (Å²) < 4.78 is 17.3. The molecule has 2 aromatic rings. The maximum absolute atomic E-state index is 13.1. The van der Waals surface area contributed by atoms with Crippen LogP contribution in [-0.4, -0.2) is 49.2 Å². The normalized spacial score (nSPS) is 17.4. The summed E-state index contributed by atoms with van der Waals surface area (Å²) in [6, 6.07) is 12.4. The smallest absolute Gasteiger partial charge is 0.319 e. The van der Waals surface area contributed by atoms with E-state index in [9.17, 15) is 9.59 Å². The molecule has 8 nitrogen and oxygen atoms in total. The van der Waals surface area contributed by atoms with Gasteiger partial charge in [-0.1, -0.05) is 12.1 Å². The van der Waals surface area contributed by atoms with Crippen molar-refractivity contribution in [2.75, 3.05) is 31.6 Å². The second-order valence-electron chi connectivity index (χ2n) is 6.78. The molecule has 0 spiro atoms. The van der Waals surface area contributed by atoms with E-state index in [4.69, 9.17) is 14.2 Å². The number of anilines is 1. The summed E-state index contributed by atoms with van der Waals surface area (Å²) in [5.41, 5.74) is 1.46. The van der Waals surface area contributed by atoms with E-state index in [1.807, 2.05) is 31.2 Å². The topological polar surface area (TPSA) is 89.1 Å². The van der Waals surface area contributed by atoms with Crippen LogP contribution in [0.1, 0.15) is 12.5 Å². The van der Waals surface area contributed by atoms with Crippen molar-refractivity contribution in [2.45, 2.75) is 19.6 Å². The summed E-state index contributed by atoms with van der Waals surface area (Å²) in [6.45, 7) is 3.73. The highest BCUT2D eigenvalue weighted by atomic mass is 16.6. The van der Waals surface area contributed by atoms with Crippen LogP contribution in [0.2, 0.25) is 0 Å². The van der Waals surface area contributed by atoms with E-state index in [-0.39, 0.29) is 18.5 Å². The van der Waals surface area contributed by atoms with Gasteiger partial charge in [0, 0.05) is 24.3 Å². The van der Waals surface area contributed by atoms with Crippen LogP contribution < -0.4 is 24.8 Å². The highest BCUT2D eigenvalue weighted by molar-refractivity contribution is 5.89. The SMILES string of the molecule is CCNC(=O)Nc1ccc2c(c1)CN(C(=O)C1COc3ccccc3O1)CCO2. The molecule has 29 heavy (non-hydrogen) atoms. The van der Waals surface area contributed by atoms with E-state index in [0.717, 1.165) is 5.56 Å². The highest BCUT2D eigenvalue weighted by Crippen LogP contribution is 2.32. The van der Waals surface area contributed by atoms with Crippen LogP contribution in [0.3, 0.4) is 0 Å². The van der Waals surface area contributed by atoms with Crippen LogP contribution in [0.25, 0.3) is 0 Å². The Morgan fingerprint density at radius 1 is 1.10 bits per heavy atom. The third-order valence-electron chi connectivity index (χ3n) is 4.73. The predicted octanol–water partition coefficient (Wildman–Crippen LogP) is 2.39. The quantitative estimate of drug-likeness (QED) is 0.830. The van der Waals surface area contributed by atoms with E-state index >= 15 is 0 Å². The number of ether oxygens (including phenoxy) is 3. The van der Waals surface area contributed by atoms with E-state index in [0.29, 0.717) is 49.2 Å². The van der Waals surface area contributed by atoms with Gasteiger partial charge in [-0.05, 0) is 37.3 Å². The van der Waals surface area contributed by atoms with Crippen molar-refractivity contribution in [3.8, 4) is 17.2 Å². The Bertz CT molecular complexity index is 917. The molecule has 2 aromatic carbocycles. The van der Waals surface area contributed by atoms with Gasteiger partial charge in [-0.3, -0.25) is 4.79 Å². The fraction of sp³-hybridized carbons (Fsp3) is 0.333. The van der Waals surface area contributed by atoms with Gasteiger partial charge < -0.3 is 29.7 Å². The summed E-state index contributed by atoms with van der Waals surface area (Å²) in [7, 11) is 0. The molecular formula is C21H23N3O5. The maximum Gasteiger partial charge on any atom is 0.319 e. The first-order chi connectivity index (χ1) is 14.1. The molecule has 0 fully saturated rings. The molecule has 0 saturated carbocycles. The van der Waals surface area contributed by atoms with E-state index in [1.54, 1.807) is 23.1 Å². The molecule has 0 saturated heterocycles. The fourth-order valence-corrected chi connectivity index (χ4v) is 3.34. The van der Waals surface area contributed by atoms with Crippen LogP contribution in [-0.2, 0) is 11.3 Å². The summed E-state index contributed by atoms with van der Waals surface area (Å²) >= 11 is 0. The van der Waals surface area contributed by atoms with Crippen molar-refractivity contribution < 1.29 is 23.8 Å². The monoisotopic (exact) mass is 397 g/mol. The van der Waals surface area contributed by atoms with E-state index in [2.05, 4.69) is 10.6 Å². The van der Waals surface area contributed by atoms with Gasteiger partial charge in [-0.2, -0.15) is 0 Å². The van der Waals surface area contributed by atoms with Crippen LogP contribution in [0.15, 0.2) is 42.5 Å². The lowest BCUT2D eigenvalue weighted by atomic mass is 10.1. The lowest BCUT2D eigenvalue weighted by Gasteiger charge is -2.29. The number of nitrogens with one attached hydrogen (secondary N) is 2. The number of hydrogen-bond donors (Lipinski definition) is 2. The lowest BCUT2D eigenvalue weighted by Crippen LogP contribution is -2.46. The van der Waals surface area contributed by atoms with Crippen LogP contribution in [0.4, 0.5) is 10.5 Å². The molecule has 152 valence electrons. The first kappa shape index (κ1) is 18.9. The Morgan fingerprint density at radius 3 is 2.76 bits per heavy atom. The Morgan fingerprint density at radius 2 is 1.93 bits per heavy atom.